The largest absolute Gasteiger partial charge is 0.388 e. The Kier molecular flexibility index (Phi) is 12.0. The molecular weight excluding hydrogens is 400 g/mol. The molecule has 0 spiro atoms. The maximum atomic E-state index is 11.6. The van der Waals surface area contributed by atoms with E-state index in [9.17, 15) is 9.90 Å². The highest BCUT2D eigenvalue weighted by Gasteiger charge is 2.10. The second-order valence-electron chi connectivity index (χ2n) is 7.50. The van der Waals surface area contributed by atoms with Crippen LogP contribution in [0.2, 0.25) is 0 Å². The number of rotatable bonds is 8. The van der Waals surface area contributed by atoms with Crippen molar-refractivity contribution < 1.29 is 9.90 Å². The molecule has 6 nitrogen and oxygen atoms in total. The van der Waals surface area contributed by atoms with Crippen LogP contribution in [0.5, 0.6) is 0 Å². The fourth-order valence-electron chi connectivity index (χ4n) is 2.87. The second-order valence-corrected chi connectivity index (χ2v) is 7.50. The third-order valence-electron chi connectivity index (χ3n) is 4.89. The van der Waals surface area contributed by atoms with Crippen molar-refractivity contribution in [3.63, 3.8) is 0 Å². The van der Waals surface area contributed by atoms with Crippen LogP contribution in [0, 0.1) is 0 Å². The monoisotopic (exact) mass is 438 g/mol. The molecule has 2 heterocycles. The van der Waals surface area contributed by atoms with Crippen molar-refractivity contribution in [1.29, 1.82) is 0 Å². The van der Waals surface area contributed by atoms with Gasteiger partial charge in [-0.2, -0.15) is 0 Å². The molecule has 0 aliphatic heterocycles. The molecule has 0 aliphatic carbocycles. The predicted molar refractivity (Wildman–Crippen MR) is 136 cm³/mol. The van der Waals surface area contributed by atoms with E-state index in [4.69, 9.17) is 0 Å². The third-order valence-corrected chi connectivity index (χ3v) is 4.89. The van der Waals surface area contributed by atoms with E-state index >= 15 is 0 Å². The van der Waals surface area contributed by atoms with Gasteiger partial charge < -0.3 is 10.4 Å². The van der Waals surface area contributed by atoms with Crippen LogP contribution in [0.25, 0.3) is 16.3 Å². The number of hydrogen-bond donors (Lipinski definition) is 3. The van der Waals surface area contributed by atoms with Gasteiger partial charge in [-0.15, -0.1) is 0 Å². The Morgan fingerprint density at radius 1 is 1.12 bits per heavy atom. The topological polar surface area (TPSA) is 87.1 Å². The van der Waals surface area contributed by atoms with Gasteiger partial charge in [0.25, 0.3) is 0 Å². The number of urea groups is 1. The van der Waals surface area contributed by atoms with Crippen molar-refractivity contribution >= 4 is 28.2 Å². The number of nitrogens with one attached hydrogen (secondary N) is 2. The fraction of sp³-hybridized carbons (Fsp3) is 0.423. The SMILES string of the molecule is C=C(/C=C(C)\C(=C/C)c1cc2cnc(NC(=O)NCC)cc2cn1)C(O)CC.CCCC. The minimum Gasteiger partial charge on any atom is -0.388 e. The van der Waals surface area contributed by atoms with Gasteiger partial charge in [0.15, 0.2) is 0 Å². The van der Waals surface area contributed by atoms with Crippen LogP contribution in [-0.4, -0.2) is 33.8 Å². The summed E-state index contributed by atoms with van der Waals surface area (Å²) in [6.07, 6.45) is 10.1. The van der Waals surface area contributed by atoms with Crippen LogP contribution in [-0.2, 0) is 0 Å². The van der Waals surface area contributed by atoms with E-state index in [0.717, 1.165) is 27.6 Å². The lowest BCUT2D eigenvalue weighted by Crippen LogP contribution is -2.28. The zero-order valence-corrected chi connectivity index (χ0v) is 20.3. The molecule has 6 heteroatoms. The zero-order chi connectivity index (χ0) is 24.1. The fourth-order valence-corrected chi connectivity index (χ4v) is 2.87. The summed E-state index contributed by atoms with van der Waals surface area (Å²) < 4.78 is 0. The van der Waals surface area contributed by atoms with Gasteiger partial charge in [-0.3, -0.25) is 10.3 Å². The number of allylic oxidation sites excluding steroid dienone is 3. The van der Waals surface area contributed by atoms with Gasteiger partial charge in [-0.05, 0) is 56.0 Å². The molecule has 2 amide bonds. The van der Waals surface area contributed by atoms with E-state index in [-0.39, 0.29) is 6.03 Å². The van der Waals surface area contributed by atoms with Gasteiger partial charge in [-0.25, -0.2) is 9.78 Å². The van der Waals surface area contributed by atoms with Crippen molar-refractivity contribution in [3.8, 4) is 0 Å². The van der Waals surface area contributed by atoms with Crippen molar-refractivity contribution in [2.24, 2.45) is 0 Å². The Bertz CT molecular complexity index is 961. The summed E-state index contributed by atoms with van der Waals surface area (Å²) in [5, 5.41) is 17.1. The van der Waals surface area contributed by atoms with E-state index in [1.807, 2.05) is 45.9 Å². The first-order valence-electron chi connectivity index (χ1n) is 11.3. The van der Waals surface area contributed by atoms with E-state index in [2.05, 4.69) is 41.0 Å². The Morgan fingerprint density at radius 2 is 1.75 bits per heavy atom. The summed E-state index contributed by atoms with van der Waals surface area (Å²) in [5.74, 6) is 0.472. The summed E-state index contributed by atoms with van der Waals surface area (Å²) in [5.41, 5.74) is 3.45. The number of fused-ring (bicyclic) bond motifs is 1. The number of carbonyl (C=O) groups excluding carboxylic acids is 1. The van der Waals surface area contributed by atoms with Crippen LogP contribution >= 0.6 is 0 Å². The number of nitrogens with zero attached hydrogens (tertiary/aromatic N) is 2. The lowest BCUT2D eigenvalue weighted by Gasteiger charge is -2.12. The number of pyridine rings is 2. The summed E-state index contributed by atoms with van der Waals surface area (Å²) in [6, 6.07) is 3.47. The number of amides is 2. The minimum absolute atomic E-state index is 0.287. The lowest BCUT2D eigenvalue weighted by molar-refractivity contribution is 0.211. The third kappa shape index (κ3) is 8.27. The van der Waals surface area contributed by atoms with E-state index < -0.39 is 6.10 Å². The Labute approximate surface area is 192 Å². The Hall–Kier alpha value is -2.99. The maximum absolute atomic E-state index is 11.6. The van der Waals surface area contributed by atoms with Gasteiger partial charge in [0.1, 0.15) is 5.82 Å². The molecule has 174 valence electrons. The summed E-state index contributed by atoms with van der Waals surface area (Å²) >= 11 is 0. The van der Waals surface area contributed by atoms with Gasteiger partial charge in [0.2, 0.25) is 0 Å². The average molecular weight is 439 g/mol. The van der Waals surface area contributed by atoms with Crippen molar-refractivity contribution in [2.45, 2.75) is 66.9 Å². The van der Waals surface area contributed by atoms with Crippen LogP contribution in [0.15, 0.2) is 54.4 Å². The molecule has 0 aliphatic rings. The highest BCUT2D eigenvalue weighted by molar-refractivity contribution is 5.92. The molecule has 32 heavy (non-hydrogen) atoms. The standard InChI is InChI=1S/C22H28N4O2.C4H10/c1-6-18(14(4)9-15(5)20(27)7-2)19-10-16-13-25-21(11-17(16)12-24-19)26-22(28)23-8-3;1-3-4-2/h6,9-13,20,27H,5,7-8H2,1-4H3,(H2,23,25,26,28);3-4H2,1-2H3/b14-9-,18-6+;. The molecule has 0 saturated heterocycles. The van der Waals surface area contributed by atoms with Crippen LogP contribution in [0.3, 0.4) is 0 Å². The Morgan fingerprint density at radius 3 is 2.31 bits per heavy atom. The molecular formula is C26H38N4O2. The Balaban J connectivity index is 0.00000118. The number of hydrogen-bond acceptors (Lipinski definition) is 4. The second kappa shape index (κ2) is 14.1. The number of carbonyl (C=O) groups is 1. The maximum Gasteiger partial charge on any atom is 0.320 e. The summed E-state index contributed by atoms with van der Waals surface area (Å²) in [6.45, 7) is 16.6. The molecule has 0 fully saturated rings. The molecule has 2 rings (SSSR count). The number of aliphatic hydroxyl groups excluding tert-OH is 1. The van der Waals surface area contributed by atoms with Crippen molar-refractivity contribution in [1.82, 2.24) is 15.3 Å². The smallest absolute Gasteiger partial charge is 0.320 e. The first kappa shape index (κ1) is 27.0. The minimum atomic E-state index is -0.544. The molecule has 2 aromatic rings. The normalized spacial score (nSPS) is 12.6. The summed E-state index contributed by atoms with van der Waals surface area (Å²) in [7, 11) is 0. The zero-order valence-electron chi connectivity index (χ0n) is 20.3. The highest BCUT2D eigenvalue weighted by atomic mass is 16.3. The number of aliphatic hydroxyl groups is 1. The first-order chi connectivity index (χ1) is 15.3. The number of unbranched alkanes of at least 4 members (excludes halogenated alkanes) is 1. The van der Waals surface area contributed by atoms with Crippen molar-refractivity contribution in [2.75, 3.05) is 11.9 Å². The quantitative estimate of drug-likeness (QED) is 0.425. The molecule has 2 aromatic heterocycles. The first-order valence-corrected chi connectivity index (χ1v) is 11.3. The summed E-state index contributed by atoms with van der Waals surface area (Å²) in [4.78, 5) is 20.5. The molecule has 1 atom stereocenters. The molecule has 1 unspecified atom stereocenters. The predicted octanol–water partition coefficient (Wildman–Crippen LogP) is 6.25. The van der Waals surface area contributed by atoms with Crippen LogP contribution < -0.4 is 10.6 Å². The van der Waals surface area contributed by atoms with Crippen LogP contribution in [0.4, 0.5) is 10.6 Å². The van der Waals surface area contributed by atoms with E-state index in [0.29, 0.717) is 24.4 Å². The molecule has 0 aromatic carbocycles. The van der Waals surface area contributed by atoms with Gasteiger partial charge >= 0.3 is 6.03 Å². The molecule has 0 bridgehead atoms. The van der Waals surface area contributed by atoms with Crippen molar-refractivity contribution in [3.05, 3.63) is 60.1 Å². The molecule has 3 N–H and O–H groups in total. The highest BCUT2D eigenvalue weighted by Crippen LogP contribution is 2.26. The number of anilines is 1. The van der Waals surface area contributed by atoms with Crippen LogP contribution in [0.1, 0.15) is 66.5 Å². The van der Waals surface area contributed by atoms with Gasteiger partial charge in [0.05, 0.1) is 11.8 Å². The lowest BCUT2D eigenvalue weighted by atomic mass is 9.98. The van der Waals surface area contributed by atoms with Gasteiger partial charge in [-0.1, -0.05) is 52.3 Å². The van der Waals surface area contributed by atoms with E-state index in [1.54, 1.807) is 18.5 Å². The number of aromatic nitrogens is 2. The molecule has 0 saturated carbocycles. The van der Waals surface area contributed by atoms with E-state index in [1.165, 1.54) is 12.8 Å². The average Bonchev–Trinajstić information content (AvgIpc) is 2.79. The molecule has 0 radical (unpaired) electrons. The van der Waals surface area contributed by atoms with Gasteiger partial charge in [0, 0.05) is 29.7 Å².